The molecule has 0 rings (SSSR count). The van der Waals surface area contributed by atoms with Crippen molar-refractivity contribution in [3.8, 4) is 0 Å². The van der Waals surface area contributed by atoms with Crippen molar-refractivity contribution in [1.82, 2.24) is 0 Å². The second-order valence-electron chi connectivity index (χ2n) is 3.28. The zero-order valence-electron chi connectivity index (χ0n) is 8.35. The van der Waals surface area contributed by atoms with Crippen molar-refractivity contribution >= 4 is 11.8 Å². The third-order valence-electron chi connectivity index (χ3n) is 1.55. The molecule has 0 aromatic heterocycles. The molecule has 1 atom stereocenters. The fourth-order valence-electron chi connectivity index (χ4n) is 0.961. The molecule has 0 saturated heterocycles. The quantitative estimate of drug-likeness (QED) is 0.279. The van der Waals surface area contributed by atoms with Gasteiger partial charge in [0.25, 0.3) is 0 Å². The number of hydrogen-bond donors (Lipinski definition) is 0. The summed E-state index contributed by atoms with van der Waals surface area (Å²) in [4.78, 5) is 31.6. The Bertz CT molecular complexity index is 248. The minimum Gasteiger partial charge on any atom is -0.464 e. The molecule has 0 amide bonds. The zero-order chi connectivity index (χ0) is 11.3. The van der Waals surface area contributed by atoms with Gasteiger partial charge in [-0.05, 0) is 5.92 Å². The second kappa shape index (κ2) is 5.31. The van der Waals surface area contributed by atoms with Gasteiger partial charge in [-0.15, -0.1) is 0 Å². The van der Waals surface area contributed by atoms with Gasteiger partial charge in [0.2, 0.25) is 5.78 Å². The Kier molecular flexibility index (Phi) is 4.76. The van der Waals surface area contributed by atoms with E-state index in [1.54, 1.807) is 13.8 Å². The topological polar surface area (TPSA) is 86.5 Å². The highest BCUT2D eigenvalue weighted by atomic mass is 16.6. The summed E-state index contributed by atoms with van der Waals surface area (Å²) in [5, 5.41) is 10.4. The number of hydrogen-bond acceptors (Lipinski definition) is 5. The maximum absolute atomic E-state index is 11.3. The molecule has 0 bridgehead atoms. The summed E-state index contributed by atoms with van der Waals surface area (Å²) < 4.78 is 4.17. The highest BCUT2D eigenvalue weighted by Crippen LogP contribution is 2.06. The van der Waals surface area contributed by atoms with Gasteiger partial charge in [-0.2, -0.15) is 0 Å². The van der Waals surface area contributed by atoms with Crippen molar-refractivity contribution in [2.75, 3.05) is 7.11 Å². The largest absolute Gasteiger partial charge is 0.464 e. The van der Waals surface area contributed by atoms with Gasteiger partial charge in [0.15, 0.2) is 0 Å². The molecular formula is C8H13NO5. The first-order chi connectivity index (χ1) is 6.40. The second-order valence-corrected chi connectivity index (χ2v) is 3.28. The first kappa shape index (κ1) is 12.5. The van der Waals surface area contributed by atoms with Crippen molar-refractivity contribution < 1.29 is 19.2 Å². The van der Waals surface area contributed by atoms with Gasteiger partial charge < -0.3 is 4.74 Å². The van der Waals surface area contributed by atoms with Gasteiger partial charge in [0, 0.05) is 11.3 Å². The number of nitro groups is 1. The van der Waals surface area contributed by atoms with E-state index < -0.39 is 22.7 Å². The first-order valence-electron chi connectivity index (χ1n) is 4.14. The van der Waals surface area contributed by atoms with Gasteiger partial charge in [0.1, 0.15) is 0 Å². The predicted octanol–water partition coefficient (Wildman–Crippen LogP) is 0.420. The monoisotopic (exact) mass is 203 g/mol. The molecule has 80 valence electrons. The van der Waals surface area contributed by atoms with Crippen LogP contribution >= 0.6 is 0 Å². The van der Waals surface area contributed by atoms with E-state index in [2.05, 4.69) is 4.74 Å². The molecule has 0 aliphatic rings. The number of esters is 1. The zero-order valence-corrected chi connectivity index (χ0v) is 8.35. The van der Waals surface area contributed by atoms with Crippen LogP contribution in [0.15, 0.2) is 0 Å². The van der Waals surface area contributed by atoms with Crippen LogP contribution in [0.3, 0.4) is 0 Å². The minimum absolute atomic E-state index is 0.000741. The van der Waals surface area contributed by atoms with Crippen LogP contribution in [0.25, 0.3) is 0 Å². The number of carbonyl (C=O) groups excluding carboxylic acids is 2. The van der Waals surface area contributed by atoms with Gasteiger partial charge in [0.05, 0.1) is 7.11 Å². The van der Waals surface area contributed by atoms with Crippen LogP contribution < -0.4 is 0 Å². The lowest BCUT2D eigenvalue weighted by Gasteiger charge is -2.07. The first-order valence-corrected chi connectivity index (χ1v) is 4.14. The van der Waals surface area contributed by atoms with Crippen molar-refractivity contribution in [2.24, 2.45) is 5.92 Å². The highest BCUT2D eigenvalue weighted by Gasteiger charge is 2.38. The lowest BCUT2D eigenvalue weighted by atomic mass is 10.0. The summed E-state index contributed by atoms with van der Waals surface area (Å²) in [6.07, 6.45) is 0.000741. The number of Topliss-reactive ketones (excluding diaryl/α,β-unsaturated/α-hetero) is 1. The molecule has 0 saturated carbocycles. The van der Waals surface area contributed by atoms with E-state index in [-0.39, 0.29) is 12.3 Å². The molecule has 0 aromatic carbocycles. The molecule has 0 aliphatic heterocycles. The Morgan fingerprint density at radius 3 is 2.21 bits per heavy atom. The molecule has 0 unspecified atom stereocenters. The van der Waals surface area contributed by atoms with Crippen LogP contribution in [0.5, 0.6) is 0 Å². The molecule has 0 heterocycles. The molecule has 14 heavy (non-hydrogen) atoms. The standard InChI is InChI=1S/C8H13NO5/c1-5(2)4-6(10)7(9(12)13)8(11)14-3/h5,7H,4H2,1-3H3/t7-/m0/s1. The molecule has 0 fully saturated rings. The molecular weight excluding hydrogens is 190 g/mol. The number of rotatable bonds is 5. The molecule has 0 spiro atoms. The van der Waals surface area contributed by atoms with Crippen LogP contribution in [0, 0.1) is 16.0 Å². The Balaban J connectivity index is 4.58. The fourth-order valence-corrected chi connectivity index (χ4v) is 0.961. The number of ketones is 1. The molecule has 0 radical (unpaired) electrons. The van der Waals surface area contributed by atoms with E-state index in [0.29, 0.717) is 0 Å². The highest BCUT2D eigenvalue weighted by molar-refractivity contribution is 6.01. The maximum Gasteiger partial charge on any atom is 0.389 e. The van der Waals surface area contributed by atoms with Crippen LogP contribution in [0.4, 0.5) is 0 Å². The molecule has 0 aromatic rings. The molecule has 6 heteroatoms. The smallest absolute Gasteiger partial charge is 0.389 e. The minimum atomic E-state index is -1.87. The summed E-state index contributed by atoms with van der Waals surface area (Å²) in [6, 6.07) is -1.87. The fraction of sp³-hybridized carbons (Fsp3) is 0.750. The molecule has 6 nitrogen and oxygen atoms in total. The van der Waals surface area contributed by atoms with Crippen molar-refractivity contribution in [1.29, 1.82) is 0 Å². The number of ether oxygens (including phenoxy) is 1. The molecule has 0 aliphatic carbocycles. The summed E-state index contributed by atoms with van der Waals surface area (Å²) in [7, 11) is 1.02. The van der Waals surface area contributed by atoms with E-state index in [1.807, 2.05) is 0 Å². The lowest BCUT2D eigenvalue weighted by Crippen LogP contribution is -2.38. The Hall–Kier alpha value is -1.46. The average Bonchev–Trinajstić information content (AvgIpc) is 2.01. The molecule has 0 N–H and O–H groups in total. The predicted molar refractivity (Wildman–Crippen MR) is 47.3 cm³/mol. The maximum atomic E-state index is 11.3. The summed E-state index contributed by atoms with van der Waals surface area (Å²) in [5.74, 6) is -1.84. The van der Waals surface area contributed by atoms with E-state index in [4.69, 9.17) is 0 Å². The average molecular weight is 203 g/mol. The summed E-state index contributed by atoms with van der Waals surface area (Å²) in [6.45, 7) is 3.48. The van der Waals surface area contributed by atoms with Crippen molar-refractivity contribution in [3.63, 3.8) is 0 Å². The van der Waals surface area contributed by atoms with Crippen LogP contribution in [0.2, 0.25) is 0 Å². The Labute approximate surface area is 81.4 Å². The van der Waals surface area contributed by atoms with E-state index in [1.165, 1.54) is 0 Å². The van der Waals surface area contributed by atoms with Crippen LogP contribution in [-0.2, 0) is 14.3 Å². The van der Waals surface area contributed by atoms with Gasteiger partial charge in [-0.1, -0.05) is 13.8 Å². The van der Waals surface area contributed by atoms with Crippen LogP contribution in [-0.4, -0.2) is 29.8 Å². The van der Waals surface area contributed by atoms with Gasteiger partial charge in [-0.25, -0.2) is 4.79 Å². The third-order valence-corrected chi connectivity index (χ3v) is 1.55. The van der Waals surface area contributed by atoms with Crippen molar-refractivity contribution in [2.45, 2.75) is 26.3 Å². The van der Waals surface area contributed by atoms with Gasteiger partial charge in [-0.3, -0.25) is 14.9 Å². The van der Waals surface area contributed by atoms with E-state index in [9.17, 15) is 19.7 Å². The number of carbonyl (C=O) groups is 2. The van der Waals surface area contributed by atoms with Gasteiger partial charge >= 0.3 is 12.0 Å². The number of nitrogens with zero attached hydrogens (tertiary/aromatic N) is 1. The van der Waals surface area contributed by atoms with Crippen LogP contribution in [0.1, 0.15) is 20.3 Å². The third kappa shape index (κ3) is 3.51. The van der Waals surface area contributed by atoms with E-state index >= 15 is 0 Å². The SMILES string of the molecule is COC(=O)[C@H](C(=O)CC(C)C)[N+](=O)[O-]. The summed E-state index contributed by atoms with van der Waals surface area (Å²) in [5.41, 5.74) is 0. The van der Waals surface area contributed by atoms with Crippen molar-refractivity contribution in [3.05, 3.63) is 10.1 Å². The normalized spacial score (nSPS) is 12.3. The Morgan fingerprint density at radius 2 is 1.93 bits per heavy atom. The number of methoxy groups -OCH3 is 1. The Morgan fingerprint density at radius 1 is 1.43 bits per heavy atom. The lowest BCUT2D eigenvalue weighted by molar-refractivity contribution is -0.496. The summed E-state index contributed by atoms with van der Waals surface area (Å²) >= 11 is 0. The van der Waals surface area contributed by atoms with E-state index in [0.717, 1.165) is 7.11 Å².